The number of hydrogen-bond acceptors (Lipinski definition) is 2. The molecule has 0 saturated heterocycles. The lowest BCUT2D eigenvalue weighted by Gasteiger charge is -2.08. The van der Waals surface area contributed by atoms with Gasteiger partial charge in [0.25, 0.3) is 5.91 Å². The van der Waals surface area contributed by atoms with Gasteiger partial charge in [0, 0.05) is 11.3 Å². The quantitative estimate of drug-likeness (QED) is 0.670. The van der Waals surface area contributed by atoms with E-state index in [0.29, 0.717) is 11.3 Å². The van der Waals surface area contributed by atoms with Gasteiger partial charge in [-0.1, -0.05) is 36.0 Å². The number of nitrogens with two attached hydrogens (primary N) is 1. The fourth-order valence-corrected chi connectivity index (χ4v) is 1.92. The van der Waals surface area contributed by atoms with Crippen molar-refractivity contribution in [1.29, 1.82) is 0 Å². The van der Waals surface area contributed by atoms with Gasteiger partial charge >= 0.3 is 0 Å². The van der Waals surface area contributed by atoms with E-state index >= 15 is 0 Å². The van der Waals surface area contributed by atoms with Crippen molar-refractivity contribution >= 4 is 40.4 Å². The summed E-state index contributed by atoms with van der Waals surface area (Å²) in [6, 6.07) is 7.89. The molecule has 0 atom stereocenters. The first kappa shape index (κ1) is 15.3. The van der Waals surface area contributed by atoms with Crippen LogP contribution in [0.2, 0.25) is 5.02 Å². The molecule has 1 amide bonds. The van der Waals surface area contributed by atoms with Crippen LogP contribution in [-0.4, -0.2) is 10.9 Å². The van der Waals surface area contributed by atoms with Crippen molar-refractivity contribution in [3.8, 4) is 0 Å². The first-order valence-corrected chi connectivity index (χ1v) is 6.53. The second-order valence-corrected chi connectivity index (χ2v) is 4.99. The number of benzene rings is 2. The van der Waals surface area contributed by atoms with E-state index in [9.17, 15) is 13.6 Å². The minimum Gasteiger partial charge on any atom is -0.389 e. The number of carbonyl (C=O) groups excluding carboxylic acids is 1. The fraction of sp³-hybridized carbons (Fsp3) is 0. The third kappa shape index (κ3) is 3.53. The predicted octanol–water partition coefficient (Wildman–Crippen LogP) is 3.50. The molecule has 0 heterocycles. The van der Waals surface area contributed by atoms with Crippen LogP contribution in [0.4, 0.5) is 14.5 Å². The van der Waals surface area contributed by atoms with Gasteiger partial charge in [0.1, 0.15) is 16.6 Å². The molecule has 0 saturated carbocycles. The summed E-state index contributed by atoms with van der Waals surface area (Å²) < 4.78 is 27.0. The Balaban J connectivity index is 2.28. The molecule has 0 bridgehead atoms. The van der Waals surface area contributed by atoms with Gasteiger partial charge in [-0.05, 0) is 24.3 Å². The fourth-order valence-electron chi connectivity index (χ4n) is 1.65. The Morgan fingerprint density at radius 2 is 1.90 bits per heavy atom. The van der Waals surface area contributed by atoms with Gasteiger partial charge in [-0.2, -0.15) is 0 Å². The van der Waals surface area contributed by atoms with Crippen molar-refractivity contribution in [2.45, 2.75) is 0 Å². The van der Waals surface area contributed by atoms with Crippen LogP contribution in [0, 0.1) is 11.6 Å². The number of thiocarbonyl (C=S) groups is 1. The lowest BCUT2D eigenvalue weighted by molar-refractivity contribution is 0.102. The van der Waals surface area contributed by atoms with Gasteiger partial charge < -0.3 is 11.1 Å². The number of nitrogens with one attached hydrogen (secondary N) is 1. The number of hydrogen-bond donors (Lipinski definition) is 2. The third-order valence-electron chi connectivity index (χ3n) is 2.66. The molecule has 0 aliphatic heterocycles. The summed E-state index contributed by atoms with van der Waals surface area (Å²) in [5, 5.41) is 2.05. The van der Waals surface area contributed by atoms with Crippen LogP contribution in [0.25, 0.3) is 0 Å². The van der Waals surface area contributed by atoms with E-state index in [0.717, 1.165) is 12.1 Å². The number of anilines is 1. The van der Waals surface area contributed by atoms with Crippen LogP contribution in [-0.2, 0) is 0 Å². The van der Waals surface area contributed by atoms with Gasteiger partial charge in [0.2, 0.25) is 0 Å². The molecule has 7 heteroatoms. The lowest BCUT2D eigenvalue weighted by atomic mass is 10.1. The smallest absolute Gasteiger partial charge is 0.258 e. The molecule has 0 aliphatic rings. The number of rotatable bonds is 3. The molecule has 0 aromatic heterocycles. The van der Waals surface area contributed by atoms with Crippen LogP contribution in [0.15, 0.2) is 36.4 Å². The summed E-state index contributed by atoms with van der Waals surface area (Å²) in [6.07, 6.45) is 0. The average Bonchev–Trinajstić information content (AvgIpc) is 2.43. The van der Waals surface area contributed by atoms with Gasteiger partial charge in [-0.25, -0.2) is 8.78 Å². The van der Waals surface area contributed by atoms with Gasteiger partial charge in [0.05, 0.1) is 10.6 Å². The molecule has 2 rings (SSSR count). The van der Waals surface area contributed by atoms with E-state index in [1.807, 2.05) is 0 Å². The van der Waals surface area contributed by atoms with Crippen LogP contribution in [0.3, 0.4) is 0 Å². The van der Waals surface area contributed by atoms with E-state index in [1.54, 1.807) is 18.2 Å². The van der Waals surface area contributed by atoms with Gasteiger partial charge in [-0.3, -0.25) is 4.79 Å². The highest BCUT2D eigenvalue weighted by Gasteiger charge is 2.15. The summed E-state index contributed by atoms with van der Waals surface area (Å²) in [7, 11) is 0. The van der Waals surface area contributed by atoms with Crippen molar-refractivity contribution in [2.75, 3.05) is 5.32 Å². The van der Waals surface area contributed by atoms with Crippen LogP contribution >= 0.6 is 23.8 Å². The van der Waals surface area contributed by atoms with E-state index in [-0.39, 0.29) is 10.0 Å². The van der Waals surface area contributed by atoms with Crippen molar-refractivity contribution in [3.05, 3.63) is 64.2 Å². The topological polar surface area (TPSA) is 55.1 Å². The number of amides is 1. The summed E-state index contributed by atoms with van der Waals surface area (Å²) in [6.45, 7) is 0. The molecule has 2 aromatic rings. The summed E-state index contributed by atoms with van der Waals surface area (Å²) in [4.78, 5) is 12.1. The normalized spacial score (nSPS) is 10.2. The minimum absolute atomic E-state index is 0.162. The van der Waals surface area contributed by atoms with Crippen LogP contribution < -0.4 is 11.1 Å². The van der Waals surface area contributed by atoms with E-state index in [2.05, 4.69) is 5.32 Å². The summed E-state index contributed by atoms with van der Waals surface area (Å²) in [5.74, 6) is -2.59. The first-order valence-electron chi connectivity index (χ1n) is 5.74. The highest BCUT2D eigenvalue weighted by atomic mass is 35.5. The first-order chi connectivity index (χ1) is 9.88. The Hall–Kier alpha value is -2.05. The standard InChI is InChI=1S/C14H9ClF2N2OS/c15-10-6-11(16)9(5-12(10)17)14(20)19-8-3-1-2-7(4-8)13(18)21/h1-6H,(H2,18,21)(H,19,20). The van der Waals surface area contributed by atoms with Crippen molar-refractivity contribution in [3.63, 3.8) is 0 Å². The largest absolute Gasteiger partial charge is 0.389 e. The summed E-state index contributed by atoms with van der Waals surface area (Å²) >= 11 is 10.3. The highest BCUT2D eigenvalue weighted by Crippen LogP contribution is 2.20. The molecule has 3 N–H and O–H groups in total. The van der Waals surface area contributed by atoms with E-state index in [1.165, 1.54) is 6.07 Å². The van der Waals surface area contributed by atoms with Crippen LogP contribution in [0.5, 0.6) is 0 Å². The third-order valence-corrected chi connectivity index (χ3v) is 3.18. The molecule has 0 spiro atoms. The molecular weight excluding hydrogens is 318 g/mol. The Morgan fingerprint density at radius 1 is 1.19 bits per heavy atom. The lowest BCUT2D eigenvalue weighted by Crippen LogP contribution is -2.15. The maximum Gasteiger partial charge on any atom is 0.258 e. The number of halogens is 3. The van der Waals surface area contributed by atoms with Crippen molar-refractivity contribution < 1.29 is 13.6 Å². The Bertz CT molecular complexity index is 737. The van der Waals surface area contributed by atoms with Crippen molar-refractivity contribution in [2.24, 2.45) is 5.73 Å². The molecule has 108 valence electrons. The van der Waals surface area contributed by atoms with Crippen LogP contribution in [0.1, 0.15) is 15.9 Å². The molecule has 21 heavy (non-hydrogen) atoms. The zero-order chi connectivity index (χ0) is 15.6. The molecule has 0 aliphatic carbocycles. The molecule has 3 nitrogen and oxygen atoms in total. The molecular formula is C14H9ClF2N2OS. The second-order valence-electron chi connectivity index (χ2n) is 4.15. The molecule has 0 fully saturated rings. The minimum atomic E-state index is -0.913. The second kappa shape index (κ2) is 6.15. The Labute approximate surface area is 129 Å². The molecule has 2 aromatic carbocycles. The average molecular weight is 327 g/mol. The number of carbonyl (C=O) groups is 1. The molecule has 0 unspecified atom stereocenters. The molecule has 0 radical (unpaired) electrons. The zero-order valence-corrected chi connectivity index (χ0v) is 12.1. The highest BCUT2D eigenvalue weighted by molar-refractivity contribution is 7.80. The zero-order valence-electron chi connectivity index (χ0n) is 10.5. The Morgan fingerprint density at radius 3 is 2.57 bits per heavy atom. The maximum atomic E-state index is 13.6. The SMILES string of the molecule is NC(=S)c1cccc(NC(=O)c2cc(F)c(Cl)cc2F)c1. The maximum absolute atomic E-state index is 13.6. The predicted molar refractivity (Wildman–Crippen MR) is 81.7 cm³/mol. The van der Waals surface area contributed by atoms with Gasteiger partial charge in [0.15, 0.2) is 0 Å². The van der Waals surface area contributed by atoms with E-state index < -0.39 is 23.1 Å². The monoisotopic (exact) mass is 326 g/mol. The summed E-state index contributed by atoms with van der Waals surface area (Å²) in [5.41, 5.74) is 5.94. The van der Waals surface area contributed by atoms with Crippen molar-refractivity contribution in [1.82, 2.24) is 0 Å². The van der Waals surface area contributed by atoms with Gasteiger partial charge in [-0.15, -0.1) is 0 Å². The Kier molecular flexibility index (Phi) is 4.50. The van der Waals surface area contributed by atoms with E-state index in [4.69, 9.17) is 29.6 Å².